The van der Waals surface area contributed by atoms with Crippen molar-refractivity contribution < 1.29 is 9.14 Å². The Kier molecular flexibility index (Phi) is 4.25. The third kappa shape index (κ3) is 2.85. The smallest absolute Gasteiger partial charge is 0.369 e. The van der Waals surface area contributed by atoms with Crippen molar-refractivity contribution in [1.29, 1.82) is 0 Å². The van der Waals surface area contributed by atoms with E-state index in [0.717, 1.165) is 27.3 Å². The van der Waals surface area contributed by atoms with Gasteiger partial charge in [0.25, 0.3) is 5.56 Å². The number of methoxy groups -OCH3 is 1. The fourth-order valence-corrected chi connectivity index (χ4v) is 3.89. The van der Waals surface area contributed by atoms with Crippen LogP contribution >= 0.6 is 0 Å². The first-order valence-corrected chi connectivity index (χ1v) is 9.76. The summed E-state index contributed by atoms with van der Waals surface area (Å²) in [6.07, 6.45) is 3.66. The Balaban J connectivity index is 1.84. The number of benzene rings is 1. The summed E-state index contributed by atoms with van der Waals surface area (Å²) in [6.45, 7) is 0.486. The second-order valence-corrected chi connectivity index (χ2v) is 7.37. The van der Waals surface area contributed by atoms with E-state index in [4.69, 9.17) is 4.74 Å². The van der Waals surface area contributed by atoms with E-state index in [1.165, 1.54) is 11.6 Å². The molecule has 9 heteroatoms. The van der Waals surface area contributed by atoms with E-state index in [0.29, 0.717) is 23.5 Å². The molecule has 0 aliphatic rings. The van der Waals surface area contributed by atoms with Crippen LogP contribution in [-0.2, 0) is 20.6 Å². The standard InChI is InChI=1S/C22H20N6O3/c1-25-19-18(20(29)26(2)22(25)30)28-13-17(14-7-9-16(31-3)10-8-14)27(21(28)24-19)12-15-6-4-5-11-23-15/h4-11,13H,12H2,1-3H3/p+1. The molecule has 0 aliphatic carbocycles. The fraction of sp³-hybridized carbons (Fsp3) is 0.182. The molecule has 0 bridgehead atoms. The maximum atomic E-state index is 12.9. The van der Waals surface area contributed by atoms with Crippen LogP contribution in [0.15, 0.2) is 64.4 Å². The number of imidazole rings is 2. The third-order valence-electron chi connectivity index (χ3n) is 5.57. The normalized spacial score (nSPS) is 11.5. The van der Waals surface area contributed by atoms with E-state index in [-0.39, 0.29) is 11.2 Å². The zero-order chi connectivity index (χ0) is 21.7. The van der Waals surface area contributed by atoms with Crippen LogP contribution in [0.1, 0.15) is 5.69 Å². The number of nitrogens with one attached hydrogen (secondary N) is 1. The highest BCUT2D eigenvalue weighted by molar-refractivity contribution is 5.71. The van der Waals surface area contributed by atoms with Gasteiger partial charge in [-0.3, -0.25) is 18.9 Å². The quantitative estimate of drug-likeness (QED) is 0.445. The highest BCUT2D eigenvalue weighted by Crippen LogP contribution is 2.24. The molecule has 0 aliphatic heterocycles. The summed E-state index contributed by atoms with van der Waals surface area (Å²) in [6, 6.07) is 13.5. The number of nitrogens with zero attached hydrogens (tertiary/aromatic N) is 5. The Morgan fingerprint density at radius 1 is 1.06 bits per heavy atom. The van der Waals surface area contributed by atoms with Crippen molar-refractivity contribution in [2.45, 2.75) is 6.54 Å². The molecule has 5 rings (SSSR count). The maximum absolute atomic E-state index is 12.9. The Hall–Kier alpha value is -4.14. The molecule has 9 nitrogen and oxygen atoms in total. The van der Waals surface area contributed by atoms with E-state index >= 15 is 0 Å². The highest BCUT2D eigenvalue weighted by atomic mass is 16.5. The van der Waals surface area contributed by atoms with Gasteiger partial charge in [-0.15, -0.1) is 0 Å². The zero-order valence-corrected chi connectivity index (χ0v) is 17.4. The molecule has 0 amide bonds. The lowest BCUT2D eigenvalue weighted by Gasteiger charge is -2.05. The average Bonchev–Trinajstić information content (AvgIpc) is 3.34. The SMILES string of the molecule is COc1ccc(-c2c[n+]3c4c(=O)n(C)c(=O)n(C)c4[nH]c3n2Cc2ccccn2)cc1. The van der Waals surface area contributed by atoms with Crippen LogP contribution in [0.3, 0.4) is 0 Å². The summed E-state index contributed by atoms with van der Waals surface area (Å²) >= 11 is 0. The Labute approximate surface area is 176 Å². The molecule has 1 N–H and O–H groups in total. The number of pyridine rings is 1. The lowest BCUT2D eigenvalue weighted by Crippen LogP contribution is -2.39. The molecule has 4 heterocycles. The number of fused-ring (bicyclic) bond motifs is 3. The van der Waals surface area contributed by atoms with Crippen LogP contribution < -0.4 is 20.4 Å². The van der Waals surface area contributed by atoms with Crippen LogP contribution in [0.4, 0.5) is 0 Å². The summed E-state index contributed by atoms with van der Waals surface area (Å²) in [4.78, 5) is 33.1. The molecule has 5 aromatic rings. The lowest BCUT2D eigenvalue weighted by molar-refractivity contribution is -0.480. The molecule has 0 saturated heterocycles. The van der Waals surface area contributed by atoms with Gasteiger partial charge in [0.15, 0.2) is 0 Å². The number of ether oxygens (including phenoxy) is 1. The molecule has 31 heavy (non-hydrogen) atoms. The highest BCUT2D eigenvalue weighted by Gasteiger charge is 2.27. The number of aryl methyl sites for hydroxylation is 1. The fourth-order valence-electron chi connectivity index (χ4n) is 3.89. The van der Waals surface area contributed by atoms with E-state index in [9.17, 15) is 9.59 Å². The predicted molar refractivity (Wildman–Crippen MR) is 115 cm³/mol. The number of aromatic amines is 1. The zero-order valence-electron chi connectivity index (χ0n) is 17.4. The third-order valence-corrected chi connectivity index (χ3v) is 5.57. The van der Waals surface area contributed by atoms with Crippen LogP contribution in [0.2, 0.25) is 0 Å². The van der Waals surface area contributed by atoms with Gasteiger partial charge < -0.3 is 4.74 Å². The summed E-state index contributed by atoms with van der Waals surface area (Å²) < 4.78 is 11.7. The van der Waals surface area contributed by atoms with Gasteiger partial charge in [0, 0.05) is 25.9 Å². The van der Waals surface area contributed by atoms with Crippen molar-refractivity contribution in [3.8, 4) is 17.0 Å². The summed E-state index contributed by atoms with van der Waals surface area (Å²) in [7, 11) is 4.76. The maximum Gasteiger partial charge on any atom is 0.369 e. The van der Waals surface area contributed by atoms with Gasteiger partial charge in [0.2, 0.25) is 11.2 Å². The monoisotopic (exact) mass is 417 g/mol. The first-order chi connectivity index (χ1) is 15.0. The van der Waals surface area contributed by atoms with Gasteiger partial charge >= 0.3 is 11.5 Å². The summed E-state index contributed by atoms with van der Waals surface area (Å²) in [5.41, 5.74) is 2.88. The minimum absolute atomic E-state index is 0.356. The van der Waals surface area contributed by atoms with Gasteiger partial charge in [-0.1, -0.05) is 6.07 Å². The van der Waals surface area contributed by atoms with Gasteiger partial charge in [-0.05, 0) is 36.4 Å². The van der Waals surface area contributed by atoms with Crippen LogP contribution in [0.25, 0.3) is 28.2 Å². The van der Waals surface area contributed by atoms with Gasteiger partial charge in [-0.25, -0.2) is 14.3 Å². The lowest BCUT2D eigenvalue weighted by atomic mass is 10.1. The van der Waals surface area contributed by atoms with Gasteiger partial charge in [0.05, 0.1) is 12.8 Å². The van der Waals surface area contributed by atoms with E-state index in [1.807, 2.05) is 53.2 Å². The molecular weight excluding hydrogens is 396 g/mol. The molecule has 0 atom stereocenters. The largest absolute Gasteiger partial charge is 0.497 e. The predicted octanol–water partition coefficient (Wildman–Crippen LogP) is 1.22. The van der Waals surface area contributed by atoms with Gasteiger partial charge in [-0.2, -0.15) is 4.40 Å². The number of hydrogen-bond donors (Lipinski definition) is 1. The molecule has 0 radical (unpaired) electrons. The molecular formula is C22H21N6O3+. The first-order valence-electron chi connectivity index (χ1n) is 9.76. The van der Waals surface area contributed by atoms with Crippen LogP contribution in [0.5, 0.6) is 5.75 Å². The number of H-pyrrole nitrogens is 1. The van der Waals surface area contributed by atoms with Crippen LogP contribution in [0, 0.1) is 0 Å². The van der Waals surface area contributed by atoms with Crippen molar-refractivity contribution in [2.75, 3.05) is 7.11 Å². The topological polar surface area (TPSA) is 90.9 Å². The molecule has 0 spiro atoms. The average molecular weight is 417 g/mol. The minimum atomic E-state index is -0.381. The molecule has 0 saturated carbocycles. The summed E-state index contributed by atoms with van der Waals surface area (Å²) in [5, 5.41) is 0. The van der Waals surface area contributed by atoms with Crippen LogP contribution in [-0.4, -0.2) is 30.8 Å². The molecule has 0 fully saturated rings. The van der Waals surface area contributed by atoms with Crippen molar-refractivity contribution >= 4 is 16.9 Å². The Bertz CT molecular complexity index is 1540. The Morgan fingerprint density at radius 2 is 1.84 bits per heavy atom. The number of hydrogen-bond acceptors (Lipinski definition) is 4. The first kappa shape index (κ1) is 18.9. The molecule has 4 aromatic heterocycles. The van der Waals surface area contributed by atoms with Crippen molar-refractivity contribution in [3.05, 3.63) is 81.4 Å². The second-order valence-electron chi connectivity index (χ2n) is 7.37. The minimum Gasteiger partial charge on any atom is -0.497 e. The Morgan fingerprint density at radius 3 is 2.52 bits per heavy atom. The molecule has 156 valence electrons. The van der Waals surface area contributed by atoms with Crippen molar-refractivity contribution in [3.63, 3.8) is 0 Å². The van der Waals surface area contributed by atoms with Crippen molar-refractivity contribution in [1.82, 2.24) is 23.7 Å². The second kappa shape index (κ2) is 6.98. The molecule has 0 unspecified atom stereocenters. The number of aromatic nitrogens is 6. The van der Waals surface area contributed by atoms with E-state index in [1.54, 1.807) is 24.8 Å². The summed E-state index contributed by atoms with van der Waals surface area (Å²) in [5.74, 6) is 1.45. The van der Waals surface area contributed by atoms with Crippen molar-refractivity contribution in [2.24, 2.45) is 14.1 Å². The molecule has 1 aromatic carbocycles. The van der Waals surface area contributed by atoms with E-state index in [2.05, 4.69) is 9.97 Å². The number of rotatable bonds is 4. The van der Waals surface area contributed by atoms with E-state index < -0.39 is 0 Å². The van der Waals surface area contributed by atoms with Gasteiger partial charge in [0.1, 0.15) is 24.2 Å².